The van der Waals surface area contributed by atoms with Crippen LogP contribution in [0.15, 0.2) is 30.3 Å². The summed E-state index contributed by atoms with van der Waals surface area (Å²) < 4.78 is 5.72. The minimum atomic E-state index is -0.441. The third-order valence-corrected chi connectivity index (χ3v) is 9.00. The predicted octanol–water partition coefficient (Wildman–Crippen LogP) is 5.04. The van der Waals surface area contributed by atoms with Crippen LogP contribution in [-0.4, -0.2) is 30.4 Å². The summed E-state index contributed by atoms with van der Waals surface area (Å²) in [6.45, 7) is 1.02. The van der Waals surface area contributed by atoms with E-state index in [2.05, 4.69) is 5.32 Å². The molecule has 3 nitrogen and oxygen atoms in total. The third-order valence-electron chi connectivity index (χ3n) is 9.00. The largest absolute Gasteiger partial charge is 0.491 e. The summed E-state index contributed by atoms with van der Waals surface area (Å²) in [6, 6.07) is 10.4. The molecule has 8 atom stereocenters. The van der Waals surface area contributed by atoms with Crippen molar-refractivity contribution in [2.75, 3.05) is 13.2 Å². The molecule has 0 saturated heterocycles. The van der Waals surface area contributed by atoms with E-state index >= 15 is 0 Å². The van der Waals surface area contributed by atoms with E-state index in [1.165, 1.54) is 64.2 Å². The molecule has 0 aromatic heterocycles. The van der Waals surface area contributed by atoms with Crippen molar-refractivity contribution in [3.05, 3.63) is 30.3 Å². The van der Waals surface area contributed by atoms with Gasteiger partial charge in [0.25, 0.3) is 0 Å². The van der Waals surface area contributed by atoms with Gasteiger partial charge >= 0.3 is 0 Å². The van der Waals surface area contributed by atoms with Crippen molar-refractivity contribution in [2.24, 2.45) is 35.5 Å². The Balaban J connectivity index is 1.12. The van der Waals surface area contributed by atoms with Crippen LogP contribution in [-0.2, 0) is 0 Å². The highest BCUT2D eigenvalue weighted by molar-refractivity contribution is 5.20. The van der Waals surface area contributed by atoms with Crippen LogP contribution in [0.5, 0.6) is 5.75 Å². The summed E-state index contributed by atoms with van der Waals surface area (Å²) in [5, 5.41) is 14.1. The molecule has 5 rings (SSSR count). The maximum absolute atomic E-state index is 10.4. The number of rotatable bonds is 6. The highest BCUT2D eigenvalue weighted by atomic mass is 16.5. The lowest BCUT2D eigenvalue weighted by atomic mass is 9.53. The Labute approximate surface area is 176 Å². The standard InChI is InChI=1S/C26H39NO2/c28-19(17-29-20-7-2-1-3-8-20)16-27-26-15-14-24-23-11-10-18-6-4-5-9-21(18)22(23)12-13-25(24)26/h1-3,7-8,18-19,21-28H,4-6,9-17H2. The SMILES string of the molecule is OC(CNC1CCC2C1CCC1C3CCCCC3CCC12)COc1ccccc1. The maximum Gasteiger partial charge on any atom is 0.119 e. The average molecular weight is 398 g/mol. The molecular weight excluding hydrogens is 358 g/mol. The first-order valence-corrected chi connectivity index (χ1v) is 12.4. The number of aliphatic hydroxyl groups is 1. The van der Waals surface area contributed by atoms with E-state index in [1.807, 2.05) is 30.3 Å². The number of aliphatic hydroxyl groups excluding tert-OH is 1. The Hall–Kier alpha value is -1.06. The number of para-hydroxylation sites is 1. The lowest BCUT2D eigenvalue weighted by molar-refractivity contribution is -0.0223. The molecule has 0 aliphatic heterocycles. The van der Waals surface area contributed by atoms with Crippen molar-refractivity contribution in [3.63, 3.8) is 0 Å². The van der Waals surface area contributed by atoms with Gasteiger partial charge in [0.05, 0.1) is 0 Å². The lowest BCUT2D eigenvalue weighted by Gasteiger charge is -2.52. The minimum absolute atomic E-state index is 0.367. The van der Waals surface area contributed by atoms with Crippen molar-refractivity contribution in [3.8, 4) is 5.75 Å². The number of ether oxygens (including phenoxy) is 1. The van der Waals surface area contributed by atoms with Gasteiger partial charge in [-0.3, -0.25) is 0 Å². The molecule has 4 fully saturated rings. The van der Waals surface area contributed by atoms with Crippen LogP contribution >= 0.6 is 0 Å². The van der Waals surface area contributed by atoms with Crippen molar-refractivity contribution in [1.82, 2.24) is 5.32 Å². The van der Waals surface area contributed by atoms with Gasteiger partial charge in [0.1, 0.15) is 18.5 Å². The molecule has 4 aliphatic carbocycles. The van der Waals surface area contributed by atoms with Crippen molar-refractivity contribution in [2.45, 2.75) is 76.4 Å². The summed E-state index contributed by atoms with van der Waals surface area (Å²) in [4.78, 5) is 0. The molecule has 4 aliphatic rings. The van der Waals surface area contributed by atoms with Gasteiger partial charge in [-0.25, -0.2) is 0 Å². The zero-order valence-corrected chi connectivity index (χ0v) is 17.8. The van der Waals surface area contributed by atoms with Gasteiger partial charge in [-0.1, -0.05) is 37.5 Å². The van der Waals surface area contributed by atoms with Crippen molar-refractivity contribution < 1.29 is 9.84 Å². The normalized spacial score (nSPS) is 39.8. The van der Waals surface area contributed by atoms with Crippen LogP contribution in [0.2, 0.25) is 0 Å². The molecule has 29 heavy (non-hydrogen) atoms. The van der Waals surface area contributed by atoms with Gasteiger partial charge in [0.2, 0.25) is 0 Å². The summed E-state index contributed by atoms with van der Waals surface area (Å²) in [5.74, 6) is 6.81. The fourth-order valence-electron chi connectivity index (χ4n) is 7.80. The minimum Gasteiger partial charge on any atom is -0.491 e. The zero-order chi connectivity index (χ0) is 19.6. The Kier molecular flexibility index (Phi) is 6.15. The van der Waals surface area contributed by atoms with E-state index in [4.69, 9.17) is 4.74 Å². The van der Waals surface area contributed by atoms with E-state index in [9.17, 15) is 5.11 Å². The average Bonchev–Trinajstić information content (AvgIpc) is 3.20. The van der Waals surface area contributed by atoms with Crippen LogP contribution in [0, 0.1) is 35.5 Å². The molecule has 0 bridgehead atoms. The quantitative estimate of drug-likeness (QED) is 0.707. The second kappa shape index (κ2) is 8.98. The highest BCUT2D eigenvalue weighted by Crippen LogP contribution is 2.57. The second-order valence-corrected chi connectivity index (χ2v) is 10.4. The van der Waals surface area contributed by atoms with Gasteiger partial charge in [-0.2, -0.15) is 0 Å². The maximum atomic E-state index is 10.4. The molecular formula is C26H39NO2. The van der Waals surface area contributed by atoms with Crippen molar-refractivity contribution in [1.29, 1.82) is 0 Å². The van der Waals surface area contributed by atoms with Crippen LogP contribution < -0.4 is 10.1 Å². The fraction of sp³-hybridized carbons (Fsp3) is 0.769. The molecule has 4 saturated carbocycles. The number of fused-ring (bicyclic) bond motifs is 5. The lowest BCUT2D eigenvalue weighted by Crippen LogP contribution is -2.47. The van der Waals surface area contributed by atoms with E-state index in [0.29, 0.717) is 19.2 Å². The first kappa shape index (κ1) is 19.9. The number of hydrogen-bond donors (Lipinski definition) is 2. The van der Waals surface area contributed by atoms with Gasteiger partial charge in [-0.05, 0) is 92.6 Å². The van der Waals surface area contributed by atoms with Gasteiger partial charge in [-0.15, -0.1) is 0 Å². The van der Waals surface area contributed by atoms with Crippen LogP contribution in [0.3, 0.4) is 0 Å². The zero-order valence-electron chi connectivity index (χ0n) is 17.8. The van der Waals surface area contributed by atoms with E-state index < -0.39 is 6.10 Å². The monoisotopic (exact) mass is 397 g/mol. The van der Waals surface area contributed by atoms with Crippen LogP contribution in [0.25, 0.3) is 0 Å². The van der Waals surface area contributed by atoms with Gasteiger partial charge in [0.15, 0.2) is 0 Å². The molecule has 2 N–H and O–H groups in total. The Morgan fingerprint density at radius 1 is 0.793 bits per heavy atom. The summed E-state index contributed by atoms with van der Waals surface area (Å²) in [6.07, 6.45) is 14.2. The first-order chi connectivity index (χ1) is 14.3. The molecule has 3 heteroatoms. The van der Waals surface area contributed by atoms with E-state index in [0.717, 1.165) is 41.3 Å². The smallest absolute Gasteiger partial charge is 0.119 e. The van der Waals surface area contributed by atoms with Gasteiger partial charge < -0.3 is 15.2 Å². The molecule has 160 valence electrons. The van der Waals surface area contributed by atoms with E-state index in [-0.39, 0.29) is 0 Å². The Bertz CT molecular complexity index is 649. The van der Waals surface area contributed by atoms with Crippen LogP contribution in [0.4, 0.5) is 0 Å². The number of hydrogen-bond acceptors (Lipinski definition) is 3. The summed E-state index contributed by atoms with van der Waals surface area (Å²) in [5.41, 5.74) is 0. The molecule has 8 unspecified atom stereocenters. The van der Waals surface area contributed by atoms with Gasteiger partial charge in [0, 0.05) is 12.6 Å². The van der Waals surface area contributed by atoms with Crippen LogP contribution in [0.1, 0.15) is 64.2 Å². The highest BCUT2D eigenvalue weighted by Gasteiger charge is 2.50. The molecule has 1 aromatic carbocycles. The first-order valence-electron chi connectivity index (χ1n) is 12.4. The topological polar surface area (TPSA) is 41.5 Å². The van der Waals surface area contributed by atoms with E-state index in [1.54, 1.807) is 0 Å². The van der Waals surface area contributed by atoms with Crippen molar-refractivity contribution >= 4 is 0 Å². The summed E-state index contributed by atoms with van der Waals surface area (Å²) >= 11 is 0. The fourth-order valence-corrected chi connectivity index (χ4v) is 7.80. The number of nitrogens with one attached hydrogen (secondary N) is 1. The molecule has 0 radical (unpaired) electrons. The predicted molar refractivity (Wildman–Crippen MR) is 117 cm³/mol. The molecule has 0 heterocycles. The Morgan fingerprint density at radius 3 is 2.38 bits per heavy atom. The molecule has 0 amide bonds. The molecule has 0 spiro atoms. The third kappa shape index (κ3) is 4.23. The second-order valence-electron chi connectivity index (χ2n) is 10.4. The summed E-state index contributed by atoms with van der Waals surface area (Å²) in [7, 11) is 0. The Morgan fingerprint density at radius 2 is 1.48 bits per heavy atom. The molecule has 1 aromatic rings. The number of benzene rings is 1.